The first-order valence-corrected chi connectivity index (χ1v) is 6.46. The van der Waals surface area contributed by atoms with E-state index in [0.717, 1.165) is 16.7 Å². The van der Waals surface area contributed by atoms with Crippen LogP contribution in [-0.2, 0) is 0 Å². The molecule has 0 spiro atoms. The van der Waals surface area contributed by atoms with Gasteiger partial charge in [0.1, 0.15) is 6.04 Å². The molecular formula is C16H15N3O. The summed E-state index contributed by atoms with van der Waals surface area (Å²) in [5.74, 6) is 0.999. The van der Waals surface area contributed by atoms with E-state index >= 15 is 0 Å². The fraction of sp³-hybridized carbons (Fsp3) is 0.125. The second-order valence-electron chi connectivity index (χ2n) is 4.66. The van der Waals surface area contributed by atoms with Gasteiger partial charge in [0.25, 0.3) is 0 Å². The van der Waals surface area contributed by atoms with Gasteiger partial charge in [-0.05, 0) is 18.1 Å². The Kier molecular flexibility index (Phi) is 3.31. The van der Waals surface area contributed by atoms with Gasteiger partial charge in [-0.1, -0.05) is 59.8 Å². The number of nitrogens with two attached hydrogens (primary N) is 1. The van der Waals surface area contributed by atoms with Crippen molar-refractivity contribution in [2.75, 3.05) is 0 Å². The quantitative estimate of drug-likeness (QED) is 0.790. The van der Waals surface area contributed by atoms with E-state index in [1.807, 2.05) is 61.5 Å². The molecule has 0 saturated carbocycles. The smallest absolute Gasteiger partial charge is 0.248 e. The molecular weight excluding hydrogens is 250 g/mol. The molecule has 0 bridgehead atoms. The van der Waals surface area contributed by atoms with Crippen molar-refractivity contribution in [1.82, 2.24) is 10.1 Å². The predicted octanol–water partition coefficient (Wildman–Crippen LogP) is 3.09. The third-order valence-electron chi connectivity index (χ3n) is 3.25. The van der Waals surface area contributed by atoms with Crippen molar-refractivity contribution in [3.05, 3.63) is 71.6 Å². The highest BCUT2D eigenvalue weighted by Crippen LogP contribution is 2.23. The zero-order valence-corrected chi connectivity index (χ0v) is 11.2. The summed E-state index contributed by atoms with van der Waals surface area (Å²) >= 11 is 0. The van der Waals surface area contributed by atoms with E-state index in [1.165, 1.54) is 0 Å². The average Bonchev–Trinajstić information content (AvgIpc) is 2.97. The molecule has 1 heterocycles. The van der Waals surface area contributed by atoms with Crippen molar-refractivity contribution in [3.63, 3.8) is 0 Å². The van der Waals surface area contributed by atoms with Crippen LogP contribution in [0.3, 0.4) is 0 Å². The molecule has 1 atom stereocenters. The zero-order chi connectivity index (χ0) is 13.9. The molecule has 3 aromatic rings. The first-order chi connectivity index (χ1) is 9.75. The van der Waals surface area contributed by atoms with Crippen LogP contribution >= 0.6 is 0 Å². The number of aryl methyl sites for hydroxylation is 1. The van der Waals surface area contributed by atoms with Crippen molar-refractivity contribution in [2.24, 2.45) is 5.73 Å². The van der Waals surface area contributed by atoms with E-state index < -0.39 is 6.04 Å². The summed E-state index contributed by atoms with van der Waals surface area (Å²) < 4.78 is 5.30. The molecule has 100 valence electrons. The molecule has 0 aliphatic rings. The van der Waals surface area contributed by atoms with E-state index in [-0.39, 0.29) is 0 Å². The van der Waals surface area contributed by atoms with E-state index in [1.54, 1.807) is 0 Å². The minimum atomic E-state index is -0.401. The molecule has 0 aliphatic carbocycles. The molecule has 0 unspecified atom stereocenters. The summed E-state index contributed by atoms with van der Waals surface area (Å²) in [6.07, 6.45) is 0. The third-order valence-corrected chi connectivity index (χ3v) is 3.25. The van der Waals surface area contributed by atoms with Crippen LogP contribution in [0.1, 0.15) is 23.1 Å². The minimum absolute atomic E-state index is 0.401. The molecule has 4 heteroatoms. The molecule has 0 amide bonds. The molecule has 0 fully saturated rings. The Hall–Kier alpha value is -2.46. The monoisotopic (exact) mass is 265 g/mol. The standard InChI is InChI=1S/C16H15N3O/c1-11-7-5-6-10-13(11)15-18-16(20-19-15)14(17)12-8-3-2-4-9-12/h2-10,14H,17H2,1H3/t14-/m0/s1. The maximum atomic E-state index is 6.15. The predicted molar refractivity (Wildman–Crippen MR) is 76.9 cm³/mol. The molecule has 0 saturated heterocycles. The molecule has 0 aliphatic heterocycles. The lowest BCUT2D eigenvalue weighted by Crippen LogP contribution is -2.11. The maximum absolute atomic E-state index is 6.15. The van der Waals surface area contributed by atoms with E-state index in [2.05, 4.69) is 10.1 Å². The van der Waals surface area contributed by atoms with Gasteiger partial charge in [-0.3, -0.25) is 0 Å². The summed E-state index contributed by atoms with van der Waals surface area (Å²) in [6.45, 7) is 2.02. The third kappa shape index (κ3) is 2.33. The Labute approximate surface area is 117 Å². The largest absolute Gasteiger partial charge is 0.337 e. The zero-order valence-electron chi connectivity index (χ0n) is 11.2. The van der Waals surface area contributed by atoms with E-state index in [0.29, 0.717) is 11.7 Å². The Morgan fingerprint density at radius 2 is 1.70 bits per heavy atom. The summed E-state index contributed by atoms with van der Waals surface area (Å²) in [5.41, 5.74) is 9.17. The van der Waals surface area contributed by atoms with Crippen LogP contribution in [0.15, 0.2) is 59.1 Å². The molecule has 20 heavy (non-hydrogen) atoms. The van der Waals surface area contributed by atoms with Gasteiger partial charge in [-0.15, -0.1) is 0 Å². The molecule has 3 rings (SSSR count). The van der Waals surface area contributed by atoms with Crippen LogP contribution in [0.2, 0.25) is 0 Å². The SMILES string of the molecule is Cc1ccccc1-c1noc([C@@H](N)c2ccccc2)n1. The number of hydrogen-bond acceptors (Lipinski definition) is 4. The van der Waals surface area contributed by atoms with Gasteiger partial charge in [0.2, 0.25) is 11.7 Å². The average molecular weight is 265 g/mol. The number of benzene rings is 2. The number of aromatic nitrogens is 2. The lowest BCUT2D eigenvalue weighted by Gasteiger charge is -2.05. The lowest BCUT2D eigenvalue weighted by atomic mass is 10.1. The van der Waals surface area contributed by atoms with Gasteiger partial charge in [0, 0.05) is 5.56 Å². The topological polar surface area (TPSA) is 64.9 Å². The molecule has 4 nitrogen and oxygen atoms in total. The Morgan fingerprint density at radius 3 is 2.45 bits per heavy atom. The summed E-state index contributed by atoms with van der Waals surface area (Å²) in [4.78, 5) is 4.41. The van der Waals surface area contributed by atoms with E-state index in [4.69, 9.17) is 10.3 Å². The number of nitrogens with zero attached hydrogens (tertiary/aromatic N) is 2. The lowest BCUT2D eigenvalue weighted by molar-refractivity contribution is 0.367. The first kappa shape index (κ1) is 12.6. The van der Waals surface area contributed by atoms with Gasteiger partial charge in [0.15, 0.2) is 0 Å². The van der Waals surface area contributed by atoms with Crippen LogP contribution < -0.4 is 5.73 Å². The first-order valence-electron chi connectivity index (χ1n) is 6.46. The molecule has 2 aromatic carbocycles. The van der Waals surface area contributed by atoms with Gasteiger partial charge in [-0.25, -0.2) is 0 Å². The Bertz CT molecular complexity index is 707. The number of hydrogen-bond donors (Lipinski definition) is 1. The summed E-state index contributed by atoms with van der Waals surface area (Å²) in [6, 6.07) is 17.2. The second kappa shape index (κ2) is 5.27. The molecule has 1 aromatic heterocycles. The van der Waals surface area contributed by atoms with Crippen molar-refractivity contribution in [2.45, 2.75) is 13.0 Å². The van der Waals surface area contributed by atoms with Crippen molar-refractivity contribution in [3.8, 4) is 11.4 Å². The van der Waals surface area contributed by atoms with Gasteiger partial charge < -0.3 is 10.3 Å². The van der Waals surface area contributed by atoms with Gasteiger partial charge >= 0.3 is 0 Å². The Morgan fingerprint density at radius 1 is 1.00 bits per heavy atom. The Balaban J connectivity index is 1.93. The van der Waals surface area contributed by atoms with Crippen LogP contribution in [-0.4, -0.2) is 10.1 Å². The van der Waals surface area contributed by atoms with Crippen LogP contribution in [0, 0.1) is 6.92 Å². The van der Waals surface area contributed by atoms with Crippen molar-refractivity contribution < 1.29 is 4.52 Å². The van der Waals surface area contributed by atoms with E-state index in [9.17, 15) is 0 Å². The maximum Gasteiger partial charge on any atom is 0.248 e. The highest BCUT2D eigenvalue weighted by molar-refractivity contribution is 5.59. The van der Waals surface area contributed by atoms with Crippen molar-refractivity contribution in [1.29, 1.82) is 0 Å². The summed E-state index contributed by atoms with van der Waals surface area (Å²) in [7, 11) is 0. The van der Waals surface area contributed by atoms with Gasteiger partial charge in [-0.2, -0.15) is 4.98 Å². The second-order valence-corrected chi connectivity index (χ2v) is 4.66. The highest BCUT2D eigenvalue weighted by atomic mass is 16.5. The van der Waals surface area contributed by atoms with Crippen molar-refractivity contribution >= 4 is 0 Å². The minimum Gasteiger partial charge on any atom is -0.337 e. The molecule has 0 radical (unpaired) electrons. The highest BCUT2D eigenvalue weighted by Gasteiger charge is 2.17. The normalized spacial score (nSPS) is 12.3. The van der Waals surface area contributed by atoms with Crippen LogP contribution in [0.5, 0.6) is 0 Å². The summed E-state index contributed by atoms with van der Waals surface area (Å²) in [5, 5.41) is 4.03. The fourth-order valence-electron chi connectivity index (χ4n) is 2.10. The van der Waals surface area contributed by atoms with Crippen LogP contribution in [0.4, 0.5) is 0 Å². The van der Waals surface area contributed by atoms with Crippen LogP contribution in [0.25, 0.3) is 11.4 Å². The molecule has 2 N–H and O–H groups in total. The fourth-order valence-corrected chi connectivity index (χ4v) is 2.10. The van der Waals surface area contributed by atoms with Gasteiger partial charge in [0.05, 0.1) is 0 Å². The number of rotatable bonds is 3.